The summed E-state index contributed by atoms with van der Waals surface area (Å²) < 4.78 is 60.3. The zero-order valence-corrected chi connectivity index (χ0v) is 24.5. The number of aliphatic hydroxyl groups excluding tert-OH is 1. The number of fused-ring (bicyclic) bond motifs is 2. The lowest BCUT2D eigenvalue weighted by molar-refractivity contribution is -0.192. The Kier molecular flexibility index (Phi) is 10.9. The zero-order chi connectivity index (χ0) is 31.7. The predicted octanol–water partition coefficient (Wildman–Crippen LogP) is 5.02. The van der Waals surface area contributed by atoms with Crippen LogP contribution in [0, 0.1) is 11.8 Å². The van der Waals surface area contributed by atoms with Crippen molar-refractivity contribution in [3.05, 3.63) is 66.7 Å². The van der Waals surface area contributed by atoms with Crippen molar-refractivity contribution in [2.24, 2.45) is 11.8 Å². The van der Waals surface area contributed by atoms with Gasteiger partial charge in [0, 0.05) is 25.0 Å². The maximum atomic E-state index is 12.9. The molecule has 0 spiro atoms. The molecule has 236 valence electrons. The van der Waals surface area contributed by atoms with E-state index in [-0.39, 0.29) is 6.61 Å². The summed E-state index contributed by atoms with van der Waals surface area (Å²) in [4.78, 5) is 18.5. The van der Waals surface area contributed by atoms with Crippen molar-refractivity contribution >= 4 is 49.4 Å². The van der Waals surface area contributed by atoms with Crippen LogP contribution in [-0.4, -0.2) is 67.0 Å². The SMILES string of the molecule is O=C(O)C(F)(F)F.O=S(=O)(NCC1CCC(CNc2nc(NCCO)c3ccccc3n2)CC1)c1ccc2ccccc2c1. The van der Waals surface area contributed by atoms with E-state index in [2.05, 4.69) is 25.3 Å². The molecule has 0 aliphatic heterocycles. The summed E-state index contributed by atoms with van der Waals surface area (Å²) in [7, 11) is -3.54. The number of benzene rings is 3. The van der Waals surface area contributed by atoms with Crippen LogP contribution in [0.4, 0.5) is 24.9 Å². The number of halogens is 3. The summed E-state index contributed by atoms with van der Waals surface area (Å²) >= 11 is 0. The first-order chi connectivity index (χ1) is 21.0. The molecule has 1 heterocycles. The number of aliphatic carboxylic acids is 1. The molecule has 0 radical (unpaired) electrons. The molecule has 10 nitrogen and oxygen atoms in total. The molecule has 5 N–H and O–H groups in total. The number of hydrogen-bond acceptors (Lipinski definition) is 8. The molecule has 1 saturated carbocycles. The molecule has 1 fully saturated rings. The fraction of sp³-hybridized carbons (Fsp3) is 0.367. The Morgan fingerprint density at radius 1 is 0.864 bits per heavy atom. The summed E-state index contributed by atoms with van der Waals surface area (Å²) in [6, 6.07) is 20.9. The molecule has 4 aromatic rings. The van der Waals surface area contributed by atoms with Gasteiger partial charge in [0.1, 0.15) is 5.82 Å². The number of aromatic nitrogens is 2. The molecule has 1 aliphatic carbocycles. The third-order valence-corrected chi connectivity index (χ3v) is 8.78. The number of nitrogens with one attached hydrogen (secondary N) is 3. The van der Waals surface area contributed by atoms with E-state index in [9.17, 15) is 26.7 Å². The third kappa shape index (κ3) is 9.00. The predicted molar refractivity (Wildman–Crippen MR) is 162 cm³/mol. The lowest BCUT2D eigenvalue weighted by atomic mass is 9.82. The van der Waals surface area contributed by atoms with Gasteiger partial charge >= 0.3 is 12.1 Å². The van der Waals surface area contributed by atoms with E-state index in [0.29, 0.717) is 41.6 Å². The van der Waals surface area contributed by atoms with Crippen molar-refractivity contribution in [3.63, 3.8) is 0 Å². The van der Waals surface area contributed by atoms with Gasteiger partial charge < -0.3 is 20.8 Å². The lowest BCUT2D eigenvalue weighted by Crippen LogP contribution is -2.32. The standard InChI is InChI=1S/C28H33N5O3S.C2HF3O2/c34-16-15-29-27-25-7-3-4-8-26(25)32-28(33-27)30-18-20-9-11-21(12-10-20)19-31-37(35,36)24-14-13-22-5-1-2-6-23(22)17-24;3-2(4,5)1(6)7/h1-8,13-14,17,20-21,31,34H,9-12,15-16,18-19H2,(H2,29,30,32,33);(H,6,7). The maximum Gasteiger partial charge on any atom is 0.490 e. The number of nitrogens with zero attached hydrogens (tertiary/aromatic N) is 2. The summed E-state index contributed by atoms with van der Waals surface area (Å²) in [5.74, 6) is -0.656. The van der Waals surface area contributed by atoms with E-state index in [0.717, 1.165) is 53.9 Å². The first-order valence-corrected chi connectivity index (χ1v) is 15.6. The smallest absolute Gasteiger partial charge is 0.475 e. The average Bonchev–Trinajstić information content (AvgIpc) is 3.01. The molecule has 1 aliphatic rings. The quantitative estimate of drug-likeness (QED) is 0.162. The summed E-state index contributed by atoms with van der Waals surface area (Å²) in [5.41, 5.74) is 0.850. The van der Waals surface area contributed by atoms with Crippen LogP contribution in [0.5, 0.6) is 0 Å². The number of alkyl halides is 3. The number of aliphatic hydroxyl groups is 1. The topological polar surface area (TPSA) is 154 Å². The van der Waals surface area contributed by atoms with Crippen LogP contribution in [-0.2, 0) is 14.8 Å². The molecular formula is C30H34F3N5O5S. The highest BCUT2D eigenvalue weighted by Crippen LogP contribution is 2.29. The third-order valence-electron chi connectivity index (χ3n) is 7.36. The van der Waals surface area contributed by atoms with Gasteiger partial charge in [0.05, 0.1) is 17.0 Å². The largest absolute Gasteiger partial charge is 0.490 e. The van der Waals surface area contributed by atoms with Crippen LogP contribution >= 0.6 is 0 Å². The second kappa shape index (κ2) is 14.6. The van der Waals surface area contributed by atoms with Crippen LogP contribution in [0.25, 0.3) is 21.7 Å². The van der Waals surface area contributed by atoms with Crippen molar-refractivity contribution < 1.29 is 36.6 Å². The molecule has 0 atom stereocenters. The monoisotopic (exact) mass is 633 g/mol. The minimum absolute atomic E-state index is 0.0305. The van der Waals surface area contributed by atoms with Crippen LogP contribution in [0.15, 0.2) is 71.6 Å². The molecule has 44 heavy (non-hydrogen) atoms. The van der Waals surface area contributed by atoms with Crippen molar-refractivity contribution in [3.8, 4) is 0 Å². The Labute approximate surface area is 252 Å². The van der Waals surface area contributed by atoms with E-state index >= 15 is 0 Å². The number of anilines is 2. The summed E-state index contributed by atoms with van der Waals surface area (Å²) in [6.07, 6.45) is -1.07. The Bertz CT molecular complexity index is 1680. The minimum Gasteiger partial charge on any atom is -0.475 e. The average molecular weight is 634 g/mol. The van der Waals surface area contributed by atoms with Crippen molar-refractivity contribution in [1.82, 2.24) is 14.7 Å². The van der Waals surface area contributed by atoms with Gasteiger partial charge in [-0.1, -0.05) is 42.5 Å². The van der Waals surface area contributed by atoms with Crippen LogP contribution in [0.1, 0.15) is 25.7 Å². The molecule has 3 aromatic carbocycles. The van der Waals surface area contributed by atoms with Crippen LogP contribution < -0.4 is 15.4 Å². The molecule has 0 bridgehead atoms. The van der Waals surface area contributed by atoms with E-state index < -0.39 is 22.2 Å². The lowest BCUT2D eigenvalue weighted by Gasteiger charge is -2.28. The van der Waals surface area contributed by atoms with Gasteiger partial charge in [-0.25, -0.2) is 22.9 Å². The van der Waals surface area contributed by atoms with E-state index in [1.165, 1.54) is 0 Å². The summed E-state index contributed by atoms with van der Waals surface area (Å²) in [5, 5.41) is 25.7. The van der Waals surface area contributed by atoms with Gasteiger partial charge in [0.15, 0.2) is 0 Å². The molecule has 0 unspecified atom stereocenters. The van der Waals surface area contributed by atoms with Gasteiger partial charge in [0.2, 0.25) is 16.0 Å². The number of rotatable bonds is 10. The highest BCUT2D eigenvalue weighted by Gasteiger charge is 2.38. The molecule has 5 rings (SSSR count). The fourth-order valence-corrected chi connectivity index (χ4v) is 6.14. The van der Waals surface area contributed by atoms with Crippen LogP contribution in [0.3, 0.4) is 0 Å². The Hall–Kier alpha value is -4.01. The van der Waals surface area contributed by atoms with Crippen LogP contribution in [0.2, 0.25) is 0 Å². The number of carboxylic acid groups (broad SMARTS) is 1. The highest BCUT2D eigenvalue weighted by molar-refractivity contribution is 7.89. The fourth-order valence-electron chi connectivity index (χ4n) is 4.99. The Morgan fingerprint density at radius 3 is 2.14 bits per heavy atom. The van der Waals surface area contributed by atoms with E-state index in [1.54, 1.807) is 12.1 Å². The summed E-state index contributed by atoms with van der Waals surface area (Å²) in [6.45, 7) is 1.69. The van der Waals surface area contributed by atoms with Crippen molar-refractivity contribution in [2.45, 2.75) is 36.8 Å². The van der Waals surface area contributed by atoms with Gasteiger partial charge in [-0.15, -0.1) is 0 Å². The number of hydrogen-bond donors (Lipinski definition) is 5. The second-order valence-electron chi connectivity index (χ2n) is 10.5. The normalized spacial score (nSPS) is 17.1. The van der Waals surface area contributed by atoms with Gasteiger partial charge in [-0.2, -0.15) is 18.2 Å². The zero-order valence-electron chi connectivity index (χ0n) is 23.7. The van der Waals surface area contributed by atoms with Gasteiger partial charge in [0.25, 0.3) is 0 Å². The van der Waals surface area contributed by atoms with E-state index in [1.807, 2.05) is 54.6 Å². The Morgan fingerprint density at radius 2 is 1.48 bits per heavy atom. The Balaban J connectivity index is 0.000000566. The van der Waals surface area contributed by atoms with E-state index in [4.69, 9.17) is 9.90 Å². The van der Waals surface area contributed by atoms with Gasteiger partial charge in [-0.3, -0.25) is 0 Å². The number of carboxylic acids is 1. The molecule has 0 saturated heterocycles. The molecule has 14 heteroatoms. The molecule has 1 aromatic heterocycles. The highest BCUT2D eigenvalue weighted by atomic mass is 32.2. The maximum absolute atomic E-state index is 12.9. The first kappa shape index (κ1) is 32.9. The minimum atomic E-state index is -5.08. The number of para-hydroxylation sites is 1. The number of carbonyl (C=O) groups is 1. The molecular weight excluding hydrogens is 599 g/mol. The second-order valence-corrected chi connectivity index (χ2v) is 12.3. The number of sulfonamides is 1. The first-order valence-electron chi connectivity index (χ1n) is 14.1. The molecule has 0 amide bonds. The van der Waals surface area contributed by atoms with Crippen molar-refractivity contribution in [1.29, 1.82) is 0 Å². The van der Waals surface area contributed by atoms with Crippen molar-refractivity contribution in [2.75, 3.05) is 36.9 Å². The van der Waals surface area contributed by atoms with Gasteiger partial charge in [-0.05, 0) is 72.6 Å².